The summed E-state index contributed by atoms with van der Waals surface area (Å²) < 4.78 is 19.9. The first kappa shape index (κ1) is 31.0. The second-order valence-electron chi connectivity index (χ2n) is 10.6. The van der Waals surface area contributed by atoms with E-state index in [-0.39, 0.29) is 30.9 Å². The number of rotatable bonds is 8. The lowest BCUT2D eigenvalue weighted by atomic mass is 9.95. The van der Waals surface area contributed by atoms with E-state index < -0.39 is 29.4 Å². The molecule has 0 bridgehead atoms. The van der Waals surface area contributed by atoms with Crippen molar-refractivity contribution in [3.63, 3.8) is 0 Å². The lowest BCUT2D eigenvalue weighted by Crippen LogP contribution is -2.53. The first-order valence-corrected chi connectivity index (χ1v) is 15.7. The molecule has 0 unspecified atom stereocenters. The van der Waals surface area contributed by atoms with Gasteiger partial charge < -0.3 is 20.1 Å². The number of hydrogen-bond acceptors (Lipinski definition) is 9. The van der Waals surface area contributed by atoms with E-state index in [1.807, 2.05) is 5.38 Å². The number of carboxylic acids is 1. The number of fused-ring (bicyclic) bond motifs is 1. The molecular formula is C30H27Cl2FN6O5S. The van der Waals surface area contributed by atoms with Crippen LogP contribution in [-0.4, -0.2) is 89.1 Å². The van der Waals surface area contributed by atoms with Gasteiger partial charge in [-0.3, -0.25) is 14.8 Å². The van der Waals surface area contributed by atoms with Crippen LogP contribution in [-0.2, 0) is 9.53 Å². The first-order valence-electron chi connectivity index (χ1n) is 14.1. The molecule has 3 aliphatic heterocycles. The summed E-state index contributed by atoms with van der Waals surface area (Å²) in [7, 11) is 0. The summed E-state index contributed by atoms with van der Waals surface area (Å²) in [6, 6.07) is 7.40. The van der Waals surface area contributed by atoms with Crippen molar-refractivity contribution in [2.45, 2.75) is 19.0 Å². The number of aliphatic imine (C=N–C) groups is 1. The summed E-state index contributed by atoms with van der Waals surface area (Å²) in [6.07, 6.45) is 1.67. The number of amides is 2. The molecule has 2 aromatic carbocycles. The number of nitrogens with one attached hydrogen (secondary N) is 1. The van der Waals surface area contributed by atoms with Gasteiger partial charge in [0, 0.05) is 71.3 Å². The van der Waals surface area contributed by atoms with E-state index in [0.717, 1.165) is 12.1 Å². The summed E-state index contributed by atoms with van der Waals surface area (Å²) in [5.74, 6) is -2.34. The number of carbonyl (C=O) groups is 3. The number of aromatic nitrogens is 1. The predicted molar refractivity (Wildman–Crippen MR) is 168 cm³/mol. The number of anilines is 1. The van der Waals surface area contributed by atoms with E-state index in [9.17, 15) is 23.9 Å². The zero-order valence-corrected chi connectivity index (χ0v) is 26.2. The molecule has 15 heteroatoms. The average Bonchev–Trinajstić information content (AvgIpc) is 3.65. The highest BCUT2D eigenvalue weighted by Gasteiger charge is 2.42. The minimum absolute atomic E-state index is 0.159. The molecule has 3 aliphatic rings. The Hall–Kier alpha value is -4.04. The predicted octanol–water partition coefficient (Wildman–Crippen LogP) is 4.82. The zero-order chi connectivity index (χ0) is 31.8. The van der Waals surface area contributed by atoms with Crippen LogP contribution in [0.3, 0.4) is 0 Å². The van der Waals surface area contributed by atoms with Crippen LogP contribution >= 0.6 is 34.5 Å². The summed E-state index contributed by atoms with van der Waals surface area (Å²) in [6.45, 7) is 3.85. The lowest BCUT2D eigenvalue weighted by molar-refractivity contribution is -0.139. The number of piperazine rings is 1. The van der Waals surface area contributed by atoms with Crippen molar-refractivity contribution in [1.29, 1.82) is 0 Å². The first-order chi connectivity index (χ1) is 21.6. The minimum atomic E-state index is -1.38. The Kier molecular flexibility index (Phi) is 8.78. The quantitative estimate of drug-likeness (QED) is 0.326. The number of hydrogen-bond donors (Lipinski definition) is 2. The Morgan fingerprint density at radius 2 is 2.00 bits per heavy atom. The fourth-order valence-corrected chi connectivity index (χ4v) is 6.87. The van der Waals surface area contributed by atoms with E-state index in [0.29, 0.717) is 63.9 Å². The third-order valence-corrected chi connectivity index (χ3v) is 9.17. The van der Waals surface area contributed by atoms with Crippen LogP contribution in [0.25, 0.3) is 0 Å². The summed E-state index contributed by atoms with van der Waals surface area (Å²) in [5.41, 5.74) is 1.29. The normalized spacial score (nSPS) is 20.2. The number of amidine groups is 1. The van der Waals surface area contributed by atoms with Crippen molar-refractivity contribution < 1.29 is 28.6 Å². The third-order valence-electron chi connectivity index (χ3n) is 7.83. The molecule has 0 aliphatic carbocycles. The van der Waals surface area contributed by atoms with E-state index in [1.165, 1.54) is 22.3 Å². The molecular weight excluding hydrogens is 646 g/mol. The monoisotopic (exact) mass is 672 g/mol. The van der Waals surface area contributed by atoms with E-state index in [2.05, 4.69) is 15.2 Å². The lowest BCUT2D eigenvalue weighted by Gasteiger charge is -2.38. The van der Waals surface area contributed by atoms with Crippen LogP contribution in [0.5, 0.6) is 0 Å². The van der Waals surface area contributed by atoms with Gasteiger partial charge in [0.25, 0.3) is 0 Å². The maximum atomic E-state index is 14.4. The topological polar surface area (TPSA) is 128 Å². The molecule has 45 heavy (non-hydrogen) atoms. The number of halogens is 3. The Labute approximate surface area is 271 Å². The fraction of sp³-hybridized carbons (Fsp3) is 0.300. The van der Waals surface area contributed by atoms with Gasteiger partial charge in [-0.05, 0) is 37.3 Å². The highest BCUT2D eigenvalue weighted by atomic mass is 35.5. The number of carbonyl (C=O) groups excluding carboxylic acids is 2. The minimum Gasteiger partial charge on any atom is -0.478 e. The number of ether oxygens (including phenoxy) is 1. The molecule has 0 saturated carbocycles. The maximum Gasteiger partial charge on any atom is 0.338 e. The Morgan fingerprint density at radius 3 is 2.69 bits per heavy atom. The Balaban J connectivity index is 1.30. The average molecular weight is 674 g/mol. The van der Waals surface area contributed by atoms with Gasteiger partial charge in [0.1, 0.15) is 11.9 Å². The van der Waals surface area contributed by atoms with Crippen molar-refractivity contribution in [2.75, 3.05) is 44.2 Å². The molecule has 2 atom stereocenters. The van der Waals surface area contributed by atoms with Crippen molar-refractivity contribution in [3.05, 3.63) is 91.2 Å². The number of benzene rings is 2. The van der Waals surface area contributed by atoms with Gasteiger partial charge in [-0.25, -0.2) is 23.8 Å². The smallest absolute Gasteiger partial charge is 0.338 e. The molecule has 0 spiro atoms. The molecule has 2 amide bonds. The Morgan fingerprint density at radius 1 is 1.18 bits per heavy atom. The number of carboxylic acid groups (broad SMARTS) is 1. The van der Waals surface area contributed by atoms with E-state index in [4.69, 9.17) is 32.9 Å². The van der Waals surface area contributed by atoms with Crippen LogP contribution < -0.4 is 10.2 Å². The van der Waals surface area contributed by atoms with Crippen LogP contribution in [0.1, 0.15) is 33.9 Å². The Bertz CT molecular complexity index is 1740. The second-order valence-corrected chi connectivity index (χ2v) is 12.3. The highest BCUT2D eigenvalue weighted by Crippen LogP contribution is 2.38. The fourth-order valence-electron chi connectivity index (χ4n) is 5.77. The van der Waals surface area contributed by atoms with E-state index >= 15 is 0 Å². The maximum absolute atomic E-state index is 14.4. The number of thiazole rings is 1. The van der Waals surface area contributed by atoms with Gasteiger partial charge in [-0.15, -0.1) is 11.3 Å². The molecule has 4 heterocycles. The van der Waals surface area contributed by atoms with Gasteiger partial charge in [0.2, 0.25) is 0 Å². The van der Waals surface area contributed by atoms with E-state index in [1.54, 1.807) is 36.2 Å². The largest absolute Gasteiger partial charge is 0.478 e. The number of nitrogens with zero attached hydrogens (tertiary/aromatic N) is 5. The summed E-state index contributed by atoms with van der Waals surface area (Å²) in [4.78, 5) is 52.6. The van der Waals surface area contributed by atoms with Gasteiger partial charge in [-0.2, -0.15) is 0 Å². The molecule has 0 radical (unpaired) electrons. The third kappa shape index (κ3) is 6.12. The van der Waals surface area contributed by atoms with Crippen LogP contribution in [0.4, 0.5) is 14.9 Å². The summed E-state index contributed by atoms with van der Waals surface area (Å²) in [5, 5.41) is 15.8. The SMILES string of the molecule is CCOC(=O)C1=C(CN2CCN3C(=O)N(c4ccc(C(=O)O)c(F)c4)C[C@@H]3C2)NC(c2nccs2)=N[C@H]1c1ccc(Cl)cc1Cl. The van der Waals surface area contributed by atoms with Gasteiger partial charge in [0.05, 0.1) is 23.8 Å². The van der Waals surface area contributed by atoms with Gasteiger partial charge in [0.15, 0.2) is 10.8 Å². The van der Waals surface area contributed by atoms with Crippen molar-refractivity contribution >= 4 is 64.0 Å². The molecule has 2 N–H and O–H groups in total. The van der Waals surface area contributed by atoms with Gasteiger partial charge >= 0.3 is 18.0 Å². The number of esters is 1. The van der Waals surface area contributed by atoms with Gasteiger partial charge in [-0.1, -0.05) is 29.3 Å². The standard InChI is InChI=1S/C30H27Cl2FN6O5S/c1-2-44-29(42)24-23(35-26(27-34-7-10-45-27)36-25(24)19-5-3-16(31)11-21(19)32)15-37-8-9-38-18(13-37)14-39(30(38)43)17-4-6-20(28(40)41)22(33)12-17/h3-7,10-12,18,25H,2,8-9,13-15H2,1H3,(H,35,36)(H,40,41)/t18-,25-/m0/s1. The molecule has 2 fully saturated rings. The van der Waals surface area contributed by atoms with Crippen LogP contribution in [0.2, 0.25) is 10.0 Å². The van der Waals surface area contributed by atoms with Crippen molar-refractivity contribution in [2.24, 2.45) is 4.99 Å². The molecule has 6 rings (SSSR count). The summed E-state index contributed by atoms with van der Waals surface area (Å²) >= 11 is 14.2. The zero-order valence-electron chi connectivity index (χ0n) is 23.9. The number of urea groups is 1. The molecule has 2 saturated heterocycles. The molecule has 1 aromatic heterocycles. The van der Waals surface area contributed by atoms with Crippen molar-refractivity contribution in [3.8, 4) is 0 Å². The van der Waals surface area contributed by atoms with Crippen molar-refractivity contribution in [1.82, 2.24) is 20.1 Å². The van der Waals surface area contributed by atoms with Crippen LogP contribution in [0.15, 0.2) is 64.2 Å². The molecule has 11 nitrogen and oxygen atoms in total. The van der Waals surface area contributed by atoms with Crippen LogP contribution in [0, 0.1) is 5.82 Å². The molecule has 234 valence electrons. The number of aromatic carboxylic acids is 1. The highest BCUT2D eigenvalue weighted by molar-refractivity contribution is 7.11. The second kappa shape index (κ2) is 12.8. The molecule has 3 aromatic rings.